The minimum atomic E-state index is -0.114. The summed E-state index contributed by atoms with van der Waals surface area (Å²) in [6.45, 7) is 9.14. The molecule has 0 bridgehead atoms. The Bertz CT molecular complexity index is 650. The van der Waals surface area contributed by atoms with Crippen LogP contribution in [0.5, 0.6) is 5.75 Å². The van der Waals surface area contributed by atoms with Crippen molar-refractivity contribution in [1.82, 2.24) is 9.97 Å². The molecule has 0 unspecified atom stereocenters. The lowest BCUT2D eigenvalue weighted by Gasteiger charge is -2.22. The van der Waals surface area contributed by atoms with Crippen molar-refractivity contribution in [1.29, 1.82) is 0 Å². The van der Waals surface area contributed by atoms with Crippen LogP contribution < -0.4 is 5.32 Å². The van der Waals surface area contributed by atoms with E-state index in [9.17, 15) is 5.11 Å². The van der Waals surface area contributed by atoms with Crippen LogP contribution in [0.1, 0.15) is 33.4 Å². The van der Waals surface area contributed by atoms with E-state index in [-0.39, 0.29) is 11.2 Å². The SMILES string of the molecule is CCNc1nc(-c2cccc(O)c2)nc(C(C)(C)C)c1Br. The number of hydrogen-bond acceptors (Lipinski definition) is 4. The van der Waals surface area contributed by atoms with Gasteiger partial charge in [-0.3, -0.25) is 0 Å². The molecule has 0 aliphatic rings. The third kappa shape index (κ3) is 3.53. The molecule has 0 aliphatic carbocycles. The van der Waals surface area contributed by atoms with Crippen molar-refractivity contribution in [3.8, 4) is 17.1 Å². The smallest absolute Gasteiger partial charge is 0.161 e. The van der Waals surface area contributed by atoms with Crippen LogP contribution in [0.3, 0.4) is 0 Å². The first-order chi connectivity index (χ1) is 9.82. The van der Waals surface area contributed by atoms with Crippen LogP contribution in [0.15, 0.2) is 28.7 Å². The van der Waals surface area contributed by atoms with Crippen LogP contribution in [0.4, 0.5) is 5.82 Å². The Hall–Kier alpha value is -1.62. The summed E-state index contributed by atoms with van der Waals surface area (Å²) in [6.07, 6.45) is 0. The predicted octanol–water partition coefficient (Wildman–Crippen LogP) is 4.34. The standard InChI is InChI=1S/C16H20BrN3O/c1-5-18-15-12(17)13(16(2,3)4)19-14(20-15)10-7-6-8-11(21)9-10/h6-9,21H,5H2,1-4H3,(H,18,19,20). The third-order valence-electron chi connectivity index (χ3n) is 3.01. The monoisotopic (exact) mass is 349 g/mol. The number of phenols is 1. The van der Waals surface area contributed by atoms with Gasteiger partial charge in [-0.25, -0.2) is 9.97 Å². The number of nitrogens with one attached hydrogen (secondary N) is 1. The van der Waals surface area contributed by atoms with Crippen LogP contribution in [0.25, 0.3) is 11.4 Å². The van der Waals surface area contributed by atoms with Crippen molar-refractivity contribution >= 4 is 21.7 Å². The summed E-state index contributed by atoms with van der Waals surface area (Å²) < 4.78 is 0.890. The molecule has 21 heavy (non-hydrogen) atoms. The van der Waals surface area contributed by atoms with Gasteiger partial charge in [0.15, 0.2) is 5.82 Å². The van der Waals surface area contributed by atoms with E-state index in [1.165, 1.54) is 0 Å². The third-order valence-corrected chi connectivity index (χ3v) is 3.76. The molecule has 4 nitrogen and oxygen atoms in total. The number of aromatic hydroxyl groups is 1. The highest BCUT2D eigenvalue weighted by atomic mass is 79.9. The number of aromatic nitrogens is 2. The molecule has 0 saturated carbocycles. The van der Waals surface area contributed by atoms with Crippen molar-refractivity contribution in [3.63, 3.8) is 0 Å². The van der Waals surface area contributed by atoms with E-state index in [0.29, 0.717) is 5.82 Å². The Morgan fingerprint density at radius 3 is 2.52 bits per heavy atom. The van der Waals surface area contributed by atoms with E-state index >= 15 is 0 Å². The molecule has 5 heteroatoms. The maximum atomic E-state index is 9.65. The number of hydrogen-bond donors (Lipinski definition) is 2. The van der Waals surface area contributed by atoms with E-state index in [1.807, 2.05) is 13.0 Å². The number of phenolic OH excluding ortho intramolecular Hbond substituents is 1. The number of anilines is 1. The second-order valence-corrected chi connectivity index (χ2v) is 6.68. The highest BCUT2D eigenvalue weighted by molar-refractivity contribution is 9.10. The molecule has 112 valence electrons. The van der Waals surface area contributed by atoms with Crippen molar-refractivity contribution < 1.29 is 5.11 Å². The molecule has 2 rings (SSSR count). The van der Waals surface area contributed by atoms with Crippen LogP contribution >= 0.6 is 15.9 Å². The van der Waals surface area contributed by atoms with E-state index in [0.717, 1.165) is 28.1 Å². The molecule has 1 aromatic heterocycles. The van der Waals surface area contributed by atoms with E-state index < -0.39 is 0 Å². The van der Waals surface area contributed by atoms with E-state index in [1.54, 1.807) is 18.2 Å². The summed E-state index contributed by atoms with van der Waals surface area (Å²) in [5.41, 5.74) is 1.62. The Kier molecular flexibility index (Phi) is 4.52. The van der Waals surface area contributed by atoms with E-state index in [4.69, 9.17) is 0 Å². The maximum Gasteiger partial charge on any atom is 0.161 e. The van der Waals surface area contributed by atoms with Gasteiger partial charge in [-0.05, 0) is 35.0 Å². The molecule has 2 N–H and O–H groups in total. The molecule has 0 radical (unpaired) electrons. The average molecular weight is 350 g/mol. The molecule has 0 aliphatic heterocycles. The number of benzene rings is 1. The number of nitrogens with zero attached hydrogens (tertiary/aromatic N) is 2. The summed E-state index contributed by atoms with van der Waals surface area (Å²) >= 11 is 3.60. The number of halogens is 1. The fourth-order valence-corrected chi connectivity index (χ4v) is 2.91. The molecule has 0 fully saturated rings. The molecule has 0 atom stereocenters. The van der Waals surface area contributed by atoms with Gasteiger partial charge in [0.1, 0.15) is 11.6 Å². The number of rotatable bonds is 3. The minimum Gasteiger partial charge on any atom is -0.508 e. The molecule has 1 aromatic carbocycles. The normalized spacial score (nSPS) is 11.5. The lowest BCUT2D eigenvalue weighted by molar-refractivity contribution is 0.475. The molecule has 0 spiro atoms. The van der Waals surface area contributed by atoms with Crippen LogP contribution in [0.2, 0.25) is 0 Å². The zero-order valence-corrected chi connectivity index (χ0v) is 14.3. The molecule has 1 heterocycles. The second kappa shape index (κ2) is 6.02. The molecular weight excluding hydrogens is 330 g/mol. The molecule has 2 aromatic rings. The first kappa shape index (κ1) is 15.8. The van der Waals surface area contributed by atoms with Crippen molar-refractivity contribution in [2.24, 2.45) is 0 Å². The van der Waals surface area contributed by atoms with Gasteiger partial charge in [0, 0.05) is 17.5 Å². The summed E-state index contributed by atoms with van der Waals surface area (Å²) in [4.78, 5) is 9.26. The molecule has 0 saturated heterocycles. The zero-order chi connectivity index (χ0) is 15.6. The Morgan fingerprint density at radius 1 is 1.24 bits per heavy atom. The molecular formula is C16H20BrN3O. The highest BCUT2D eigenvalue weighted by Crippen LogP contribution is 2.34. The Balaban J connectivity index is 2.64. The largest absolute Gasteiger partial charge is 0.508 e. The first-order valence-corrected chi connectivity index (χ1v) is 7.73. The quantitative estimate of drug-likeness (QED) is 0.865. The Labute approximate surface area is 133 Å². The summed E-state index contributed by atoms with van der Waals surface area (Å²) in [5, 5.41) is 12.9. The van der Waals surface area contributed by atoms with Gasteiger partial charge in [-0.2, -0.15) is 0 Å². The van der Waals surface area contributed by atoms with Crippen LogP contribution in [0, 0.1) is 0 Å². The summed E-state index contributed by atoms with van der Waals surface area (Å²) in [6, 6.07) is 6.99. The lowest BCUT2D eigenvalue weighted by atomic mass is 9.91. The van der Waals surface area contributed by atoms with Crippen molar-refractivity contribution in [2.45, 2.75) is 33.1 Å². The highest BCUT2D eigenvalue weighted by Gasteiger charge is 2.23. The van der Waals surface area contributed by atoms with Crippen LogP contribution in [-0.2, 0) is 5.41 Å². The first-order valence-electron chi connectivity index (χ1n) is 6.94. The van der Waals surface area contributed by atoms with Gasteiger partial charge in [-0.15, -0.1) is 0 Å². The summed E-state index contributed by atoms with van der Waals surface area (Å²) in [7, 11) is 0. The van der Waals surface area contributed by atoms with Gasteiger partial charge in [-0.1, -0.05) is 32.9 Å². The fourth-order valence-electron chi connectivity index (χ4n) is 2.00. The zero-order valence-electron chi connectivity index (χ0n) is 12.7. The van der Waals surface area contributed by atoms with E-state index in [2.05, 4.69) is 52.0 Å². The van der Waals surface area contributed by atoms with Crippen molar-refractivity contribution in [3.05, 3.63) is 34.4 Å². The van der Waals surface area contributed by atoms with Gasteiger partial charge in [0.25, 0.3) is 0 Å². The lowest BCUT2D eigenvalue weighted by Crippen LogP contribution is -2.17. The second-order valence-electron chi connectivity index (χ2n) is 5.89. The Morgan fingerprint density at radius 2 is 1.95 bits per heavy atom. The average Bonchev–Trinajstić information content (AvgIpc) is 2.40. The van der Waals surface area contributed by atoms with Crippen molar-refractivity contribution in [2.75, 3.05) is 11.9 Å². The van der Waals surface area contributed by atoms with Gasteiger partial charge in [0.2, 0.25) is 0 Å². The maximum absolute atomic E-state index is 9.65. The van der Waals surface area contributed by atoms with Gasteiger partial charge >= 0.3 is 0 Å². The van der Waals surface area contributed by atoms with Gasteiger partial charge < -0.3 is 10.4 Å². The van der Waals surface area contributed by atoms with Crippen LogP contribution in [-0.4, -0.2) is 21.6 Å². The molecule has 0 amide bonds. The topological polar surface area (TPSA) is 58.0 Å². The minimum absolute atomic E-state index is 0.114. The predicted molar refractivity (Wildman–Crippen MR) is 89.7 cm³/mol. The fraction of sp³-hybridized carbons (Fsp3) is 0.375. The summed E-state index contributed by atoms with van der Waals surface area (Å²) in [5.74, 6) is 1.59. The van der Waals surface area contributed by atoms with Gasteiger partial charge in [0.05, 0.1) is 10.2 Å².